The van der Waals surface area contributed by atoms with Crippen molar-refractivity contribution in [2.45, 2.75) is 12.5 Å². The summed E-state index contributed by atoms with van der Waals surface area (Å²) in [5.74, 6) is -0.422. The fourth-order valence-corrected chi connectivity index (χ4v) is 1.41. The summed E-state index contributed by atoms with van der Waals surface area (Å²) in [4.78, 5) is 0. The summed E-state index contributed by atoms with van der Waals surface area (Å²) in [6, 6.07) is 6.86. The molecule has 1 atom stereocenters. The number of nitrogens with zero attached hydrogens (tertiary/aromatic N) is 1. The predicted molar refractivity (Wildman–Crippen MR) is 46.5 cm³/mol. The van der Waals surface area contributed by atoms with Crippen molar-refractivity contribution in [1.29, 1.82) is 5.26 Å². The summed E-state index contributed by atoms with van der Waals surface area (Å²) in [6.45, 7) is 0.992. The Hall–Kier alpha value is -1.40. The molecule has 1 aromatic carbocycles. The number of rotatable bonds is 1. The van der Waals surface area contributed by atoms with Crippen LogP contribution in [-0.2, 0) is 0 Å². The molecule has 1 saturated heterocycles. The van der Waals surface area contributed by atoms with Gasteiger partial charge >= 0.3 is 0 Å². The summed E-state index contributed by atoms with van der Waals surface area (Å²) in [7, 11) is 0. The summed E-state index contributed by atoms with van der Waals surface area (Å²) < 4.78 is 13.1. The zero-order valence-corrected chi connectivity index (χ0v) is 7.05. The van der Waals surface area contributed by atoms with E-state index in [1.165, 1.54) is 12.1 Å². The van der Waals surface area contributed by atoms with Crippen molar-refractivity contribution in [1.82, 2.24) is 5.32 Å². The van der Waals surface area contributed by atoms with E-state index < -0.39 is 5.82 Å². The van der Waals surface area contributed by atoms with Gasteiger partial charge in [0.05, 0.1) is 5.56 Å². The minimum atomic E-state index is -0.422. The standard InChI is InChI=1S/C10H9FN2/c11-9-5-7(10-3-4-13-10)1-2-8(9)6-12/h1-2,5,10,13H,3-4H2. The smallest absolute Gasteiger partial charge is 0.141 e. The zero-order valence-electron chi connectivity index (χ0n) is 7.05. The average Bonchev–Trinajstić information content (AvgIpc) is 2.01. The first-order valence-electron chi connectivity index (χ1n) is 4.24. The number of hydrogen-bond acceptors (Lipinski definition) is 2. The van der Waals surface area contributed by atoms with Crippen LogP contribution in [0.1, 0.15) is 23.6 Å². The summed E-state index contributed by atoms with van der Waals surface area (Å²) in [5, 5.41) is 11.7. The molecule has 0 radical (unpaired) electrons. The van der Waals surface area contributed by atoms with E-state index in [9.17, 15) is 4.39 Å². The second-order valence-corrected chi connectivity index (χ2v) is 3.15. The monoisotopic (exact) mass is 176 g/mol. The maximum absolute atomic E-state index is 13.1. The lowest BCUT2D eigenvalue weighted by molar-refractivity contribution is 0.382. The molecule has 1 N–H and O–H groups in total. The summed E-state index contributed by atoms with van der Waals surface area (Å²) in [6.07, 6.45) is 1.05. The van der Waals surface area contributed by atoms with Gasteiger partial charge in [-0.05, 0) is 30.7 Å². The van der Waals surface area contributed by atoms with Crippen molar-refractivity contribution in [2.24, 2.45) is 0 Å². The molecule has 0 aliphatic carbocycles. The molecular weight excluding hydrogens is 167 g/mol. The summed E-state index contributed by atoms with van der Waals surface area (Å²) in [5.41, 5.74) is 1.05. The fourth-order valence-electron chi connectivity index (χ4n) is 1.41. The number of nitrogens with one attached hydrogen (secondary N) is 1. The second-order valence-electron chi connectivity index (χ2n) is 3.15. The molecule has 1 fully saturated rings. The number of hydrogen-bond donors (Lipinski definition) is 1. The Labute approximate surface area is 76.0 Å². The fraction of sp³-hybridized carbons (Fsp3) is 0.300. The molecule has 1 aliphatic heterocycles. The third-order valence-corrected chi connectivity index (χ3v) is 2.34. The molecule has 1 heterocycles. The third-order valence-electron chi connectivity index (χ3n) is 2.34. The molecule has 1 aromatic rings. The van der Waals surface area contributed by atoms with E-state index in [-0.39, 0.29) is 11.6 Å². The zero-order chi connectivity index (χ0) is 9.26. The molecule has 66 valence electrons. The van der Waals surface area contributed by atoms with Gasteiger partial charge in [0, 0.05) is 6.04 Å². The molecule has 2 nitrogen and oxygen atoms in total. The van der Waals surface area contributed by atoms with Gasteiger partial charge < -0.3 is 5.32 Å². The van der Waals surface area contributed by atoms with Crippen LogP contribution in [0.15, 0.2) is 18.2 Å². The molecule has 0 aromatic heterocycles. The van der Waals surface area contributed by atoms with Crippen molar-refractivity contribution < 1.29 is 4.39 Å². The topological polar surface area (TPSA) is 35.8 Å². The maximum Gasteiger partial charge on any atom is 0.141 e. The lowest BCUT2D eigenvalue weighted by Gasteiger charge is -2.27. The predicted octanol–water partition coefficient (Wildman–Crippen LogP) is 1.73. The van der Waals surface area contributed by atoms with Crippen LogP contribution in [0.5, 0.6) is 0 Å². The highest BCUT2D eigenvalue weighted by molar-refractivity contribution is 5.35. The Morgan fingerprint density at radius 2 is 2.31 bits per heavy atom. The van der Waals surface area contributed by atoms with Gasteiger partial charge in [-0.15, -0.1) is 0 Å². The lowest BCUT2D eigenvalue weighted by Crippen LogP contribution is -2.34. The molecule has 0 bridgehead atoms. The lowest BCUT2D eigenvalue weighted by atomic mass is 9.97. The van der Waals surface area contributed by atoms with E-state index in [4.69, 9.17) is 5.26 Å². The number of nitriles is 1. The van der Waals surface area contributed by atoms with Crippen LogP contribution < -0.4 is 5.32 Å². The van der Waals surface area contributed by atoms with Crippen molar-refractivity contribution in [3.63, 3.8) is 0 Å². The van der Waals surface area contributed by atoms with Crippen molar-refractivity contribution >= 4 is 0 Å². The first kappa shape index (κ1) is 8.21. The minimum Gasteiger partial charge on any atom is -0.310 e. The molecule has 1 aliphatic rings. The Bertz CT molecular complexity index is 364. The molecule has 0 saturated carbocycles. The largest absolute Gasteiger partial charge is 0.310 e. The van der Waals surface area contributed by atoms with E-state index >= 15 is 0 Å². The van der Waals surface area contributed by atoms with Gasteiger partial charge in [-0.2, -0.15) is 5.26 Å². The molecular formula is C10H9FN2. The second kappa shape index (κ2) is 3.15. The van der Waals surface area contributed by atoms with Gasteiger partial charge in [-0.1, -0.05) is 6.07 Å². The van der Waals surface area contributed by atoms with Crippen LogP contribution >= 0.6 is 0 Å². The van der Waals surface area contributed by atoms with Crippen LogP contribution in [0, 0.1) is 17.1 Å². The van der Waals surface area contributed by atoms with Crippen LogP contribution in [-0.4, -0.2) is 6.54 Å². The van der Waals surface area contributed by atoms with Gasteiger partial charge in [0.2, 0.25) is 0 Å². The maximum atomic E-state index is 13.1. The van der Waals surface area contributed by atoms with Crippen LogP contribution in [0.3, 0.4) is 0 Å². The van der Waals surface area contributed by atoms with Crippen LogP contribution in [0.25, 0.3) is 0 Å². The molecule has 3 heteroatoms. The molecule has 0 amide bonds. The molecule has 1 unspecified atom stereocenters. The Balaban J connectivity index is 2.30. The first-order chi connectivity index (χ1) is 6.31. The van der Waals surface area contributed by atoms with E-state index in [0.29, 0.717) is 0 Å². The molecule has 2 rings (SSSR count). The van der Waals surface area contributed by atoms with Crippen LogP contribution in [0.2, 0.25) is 0 Å². The Kier molecular flexibility index (Phi) is 1.99. The van der Waals surface area contributed by atoms with Crippen molar-refractivity contribution in [3.8, 4) is 6.07 Å². The van der Waals surface area contributed by atoms with Gasteiger partial charge in [0.25, 0.3) is 0 Å². The normalized spacial score (nSPS) is 20.5. The third kappa shape index (κ3) is 1.41. The van der Waals surface area contributed by atoms with Gasteiger partial charge in [-0.3, -0.25) is 0 Å². The van der Waals surface area contributed by atoms with Gasteiger partial charge in [0.1, 0.15) is 11.9 Å². The molecule has 13 heavy (non-hydrogen) atoms. The van der Waals surface area contributed by atoms with Gasteiger partial charge in [-0.25, -0.2) is 4.39 Å². The highest BCUT2D eigenvalue weighted by Gasteiger charge is 2.19. The highest BCUT2D eigenvalue weighted by Crippen LogP contribution is 2.23. The quantitative estimate of drug-likeness (QED) is 0.707. The van der Waals surface area contributed by atoms with E-state index in [1.54, 1.807) is 12.1 Å². The first-order valence-corrected chi connectivity index (χ1v) is 4.24. The van der Waals surface area contributed by atoms with Crippen LogP contribution in [0.4, 0.5) is 4.39 Å². The summed E-state index contributed by atoms with van der Waals surface area (Å²) >= 11 is 0. The van der Waals surface area contributed by atoms with E-state index in [0.717, 1.165) is 18.5 Å². The molecule has 0 spiro atoms. The minimum absolute atomic E-state index is 0.114. The van der Waals surface area contributed by atoms with Crippen molar-refractivity contribution in [3.05, 3.63) is 35.1 Å². The average molecular weight is 176 g/mol. The Morgan fingerprint density at radius 3 is 2.77 bits per heavy atom. The van der Waals surface area contributed by atoms with E-state index in [2.05, 4.69) is 5.32 Å². The van der Waals surface area contributed by atoms with E-state index in [1.807, 2.05) is 0 Å². The highest BCUT2D eigenvalue weighted by atomic mass is 19.1. The SMILES string of the molecule is N#Cc1ccc(C2CCN2)cc1F. The number of benzene rings is 1. The van der Waals surface area contributed by atoms with Crippen molar-refractivity contribution in [2.75, 3.05) is 6.54 Å². The number of halogens is 1. The Morgan fingerprint density at radius 1 is 1.54 bits per heavy atom. The van der Waals surface area contributed by atoms with Gasteiger partial charge in [0.15, 0.2) is 0 Å².